The van der Waals surface area contributed by atoms with Gasteiger partial charge in [0, 0.05) is 16.6 Å². The van der Waals surface area contributed by atoms with Gasteiger partial charge in [-0.3, -0.25) is 9.59 Å². The van der Waals surface area contributed by atoms with Crippen molar-refractivity contribution in [3.63, 3.8) is 0 Å². The minimum atomic E-state index is -0.691. The average molecular weight is 465 g/mol. The van der Waals surface area contributed by atoms with Crippen molar-refractivity contribution in [2.24, 2.45) is 0 Å². The van der Waals surface area contributed by atoms with Crippen molar-refractivity contribution >= 4 is 35.0 Å². The Morgan fingerprint density at radius 1 is 1.13 bits per heavy atom. The minimum Gasteiger partial charge on any atom is -0.395 e. The molecule has 3 rings (SSSR count). The zero-order valence-corrected chi connectivity index (χ0v) is 18.8. The van der Waals surface area contributed by atoms with Crippen LogP contribution in [0.1, 0.15) is 43.0 Å². The SMILES string of the molecule is CCC[C@H](C(=O)NCCO)N1C(=O)CO[C@@H](c2ccc(Cl)cc2)[C@H]1c1ccc(Cl)cc1. The van der Waals surface area contributed by atoms with Gasteiger partial charge >= 0.3 is 0 Å². The third-order valence-corrected chi connectivity index (χ3v) is 5.79. The van der Waals surface area contributed by atoms with Crippen molar-refractivity contribution in [2.45, 2.75) is 38.0 Å². The van der Waals surface area contributed by atoms with Gasteiger partial charge in [-0.15, -0.1) is 0 Å². The summed E-state index contributed by atoms with van der Waals surface area (Å²) in [5.41, 5.74) is 1.67. The van der Waals surface area contributed by atoms with E-state index in [1.807, 2.05) is 31.2 Å². The highest BCUT2D eigenvalue weighted by atomic mass is 35.5. The lowest BCUT2D eigenvalue weighted by Crippen LogP contribution is -2.56. The van der Waals surface area contributed by atoms with E-state index in [0.717, 1.165) is 11.1 Å². The predicted molar refractivity (Wildman–Crippen MR) is 120 cm³/mol. The molecule has 0 saturated carbocycles. The monoisotopic (exact) mass is 464 g/mol. The van der Waals surface area contributed by atoms with Crippen LogP contribution >= 0.6 is 23.2 Å². The van der Waals surface area contributed by atoms with Gasteiger partial charge in [-0.25, -0.2) is 0 Å². The van der Waals surface area contributed by atoms with Gasteiger partial charge in [-0.05, 0) is 41.8 Å². The van der Waals surface area contributed by atoms with Crippen molar-refractivity contribution < 1.29 is 19.4 Å². The number of carbonyl (C=O) groups is 2. The minimum absolute atomic E-state index is 0.129. The Labute approximate surface area is 192 Å². The van der Waals surface area contributed by atoms with Gasteiger partial charge in [0.1, 0.15) is 18.8 Å². The Morgan fingerprint density at radius 2 is 1.71 bits per heavy atom. The van der Waals surface area contributed by atoms with Gasteiger partial charge in [-0.1, -0.05) is 60.8 Å². The molecule has 0 bridgehead atoms. The van der Waals surface area contributed by atoms with E-state index in [-0.39, 0.29) is 31.6 Å². The van der Waals surface area contributed by atoms with Crippen LogP contribution in [0.4, 0.5) is 0 Å². The molecule has 8 heteroatoms. The largest absolute Gasteiger partial charge is 0.395 e. The predicted octanol–water partition coefficient (Wildman–Crippen LogP) is 3.91. The molecule has 31 heavy (non-hydrogen) atoms. The van der Waals surface area contributed by atoms with Crippen LogP contribution in [0.15, 0.2) is 48.5 Å². The highest BCUT2D eigenvalue weighted by molar-refractivity contribution is 6.30. The number of amides is 2. The lowest BCUT2D eigenvalue weighted by Gasteiger charge is -2.45. The first kappa shape index (κ1) is 23.5. The number of ether oxygens (including phenoxy) is 1. The summed E-state index contributed by atoms with van der Waals surface area (Å²) in [5, 5.41) is 13.0. The second-order valence-corrected chi connectivity index (χ2v) is 8.27. The molecule has 0 spiro atoms. The number of aliphatic hydroxyl groups excluding tert-OH is 1. The van der Waals surface area contributed by atoms with Crippen molar-refractivity contribution in [1.82, 2.24) is 10.2 Å². The van der Waals surface area contributed by atoms with Gasteiger partial charge in [0.05, 0.1) is 12.6 Å². The molecular weight excluding hydrogens is 439 g/mol. The Bertz CT molecular complexity index is 889. The molecule has 1 heterocycles. The fraction of sp³-hybridized carbons (Fsp3) is 0.391. The second kappa shape index (κ2) is 11.0. The molecule has 2 N–H and O–H groups in total. The second-order valence-electron chi connectivity index (χ2n) is 7.40. The van der Waals surface area contributed by atoms with E-state index in [2.05, 4.69) is 5.32 Å². The molecule has 3 atom stereocenters. The van der Waals surface area contributed by atoms with Crippen LogP contribution in [-0.4, -0.2) is 47.6 Å². The standard InChI is InChI=1S/C23H26Cl2N2O4/c1-2-3-19(23(30)26-12-13-28)27-20(29)14-31-22(16-6-10-18(25)11-7-16)21(27)15-4-8-17(24)9-5-15/h4-11,19,21-22,28H,2-3,12-14H2,1H3,(H,26,30)/t19-,21-,22+/m1/s1. The van der Waals surface area contributed by atoms with Crippen LogP contribution < -0.4 is 5.32 Å². The normalized spacial score (nSPS) is 19.9. The summed E-state index contributed by atoms with van der Waals surface area (Å²) in [6, 6.07) is 13.3. The maximum Gasteiger partial charge on any atom is 0.249 e. The molecule has 1 fully saturated rings. The molecule has 0 aliphatic carbocycles. The van der Waals surface area contributed by atoms with Gasteiger partial charge in [-0.2, -0.15) is 0 Å². The van der Waals surface area contributed by atoms with Crippen molar-refractivity contribution in [3.05, 3.63) is 69.7 Å². The average Bonchev–Trinajstić information content (AvgIpc) is 2.77. The number of aliphatic hydroxyl groups is 1. The van der Waals surface area contributed by atoms with E-state index >= 15 is 0 Å². The zero-order chi connectivity index (χ0) is 22.4. The number of halogens is 2. The number of rotatable bonds is 8. The van der Waals surface area contributed by atoms with Crippen LogP contribution in [-0.2, 0) is 14.3 Å². The Morgan fingerprint density at radius 3 is 2.26 bits per heavy atom. The number of morpholine rings is 1. The van der Waals surface area contributed by atoms with Gasteiger partial charge in [0.15, 0.2) is 0 Å². The summed E-state index contributed by atoms with van der Waals surface area (Å²) in [5.74, 6) is -0.553. The molecule has 0 radical (unpaired) electrons. The van der Waals surface area contributed by atoms with Gasteiger partial charge in [0.25, 0.3) is 0 Å². The fourth-order valence-corrected chi connectivity index (χ4v) is 4.14. The molecule has 2 amide bonds. The van der Waals surface area contributed by atoms with E-state index in [4.69, 9.17) is 33.0 Å². The van der Waals surface area contributed by atoms with E-state index in [1.165, 1.54) is 0 Å². The molecule has 1 aliphatic heterocycles. The summed E-state index contributed by atoms with van der Waals surface area (Å²) >= 11 is 12.2. The lowest BCUT2D eigenvalue weighted by atomic mass is 9.90. The van der Waals surface area contributed by atoms with E-state index in [9.17, 15) is 9.59 Å². The van der Waals surface area contributed by atoms with E-state index in [0.29, 0.717) is 22.9 Å². The molecular formula is C23H26Cl2N2O4. The van der Waals surface area contributed by atoms with Crippen LogP contribution in [0.2, 0.25) is 10.0 Å². The van der Waals surface area contributed by atoms with Crippen LogP contribution in [0.3, 0.4) is 0 Å². The number of benzene rings is 2. The van der Waals surface area contributed by atoms with Crippen LogP contribution in [0.5, 0.6) is 0 Å². The Kier molecular flexibility index (Phi) is 8.32. The third kappa shape index (κ3) is 5.57. The Balaban J connectivity index is 2.07. The molecule has 0 aromatic heterocycles. The molecule has 2 aromatic carbocycles. The first-order chi connectivity index (χ1) is 15.0. The molecule has 1 aliphatic rings. The molecule has 2 aromatic rings. The molecule has 1 saturated heterocycles. The number of nitrogens with one attached hydrogen (secondary N) is 1. The highest BCUT2D eigenvalue weighted by Crippen LogP contribution is 2.42. The molecule has 166 valence electrons. The number of nitrogens with zero attached hydrogens (tertiary/aromatic N) is 1. The summed E-state index contributed by atoms with van der Waals surface area (Å²) in [6.07, 6.45) is 0.711. The van der Waals surface area contributed by atoms with E-state index in [1.54, 1.807) is 29.2 Å². The highest BCUT2D eigenvalue weighted by Gasteiger charge is 2.43. The molecule has 6 nitrogen and oxygen atoms in total. The Hall–Kier alpha value is -2.12. The first-order valence-electron chi connectivity index (χ1n) is 10.3. The summed E-state index contributed by atoms with van der Waals surface area (Å²) < 4.78 is 5.99. The number of carbonyl (C=O) groups excluding carboxylic acids is 2. The van der Waals surface area contributed by atoms with Crippen molar-refractivity contribution in [3.8, 4) is 0 Å². The number of hydrogen-bond acceptors (Lipinski definition) is 4. The van der Waals surface area contributed by atoms with E-state index < -0.39 is 18.2 Å². The fourth-order valence-electron chi connectivity index (χ4n) is 3.89. The van der Waals surface area contributed by atoms with Gasteiger partial charge < -0.3 is 20.1 Å². The topological polar surface area (TPSA) is 78.9 Å². The zero-order valence-electron chi connectivity index (χ0n) is 17.3. The maximum atomic E-state index is 13.1. The lowest BCUT2D eigenvalue weighted by molar-refractivity contribution is -0.167. The number of hydrogen-bond donors (Lipinski definition) is 2. The summed E-state index contributed by atoms with van der Waals surface area (Å²) in [4.78, 5) is 27.7. The van der Waals surface area contributed by atoms with Gasteiger partial charge in [0.2, 0.25) is 11.8 Å². The maximum absolute atomic E-state index is 13.1. The van der Waals surface area contributed by atoms with Crippen LogP contribution in [0, 0.1) is 0 Å². The first-order valence-corrected chi connectivity index (χ1v) is 11.0. The quantitative estimate of drug-likeness (QED) is 0.620. The van der Waals surface area contributed by atoms with Crippen molar-refractivity contribution in [1.29, 1.82) is 0 Å². The van der Waals surface area contributed by atoms with Crippen molar-refractivity contribution in [2.75, 3.05) is 19.8 Å². The smallest absolute Gasteiger partial charge is 0.249 e. The summed E-state index contributed by atoms with van der Waals surface area (Å²) in [7, 11) is 0. The van der Waals surface area contributed by atoms with Crippen LogP contribution in [0.25, 0.3) is 0 Å². The summed E-state index contributed by atoms with van der Waals surface area (Å²) in [6.45, 7) is 1.79. The molecule has 0 unspecified atom stereocenters. The third-order valence-electron chi connectivity index (χ3n) is 5.28.